The number of anilines is 3. The molecule has 1 aromatic heterocycles. The predicted octanol–water partition coefficient (Wildman–Crippen LogP) is 18.0. The van der Waals surface area contributed by atoms with E-state index < -0.39 is 5.41 Å². The zero-order valence-electron chi connectivity index (χ0n) is 36.7. The summed E-state index contributed by atoms with van der Waals surface area (Å²) in [5, 5.41) is 5.06. The van der Waals surface area contributed by atoms with Crippen molar-refractivity contribution in [1.82, 2.24) is 0 Å². The first-order valence-corrected chi connectivity index (χ1v) is 23.9. The molecule has 12 aromatic rings. The van der Waals surface area contributed by atoms with Crippen molar-refractivity contribution in [3.63, 3.8) is 0 Å². The Bertz CT molecular complexity index is 3770. The highest BCUT2D eigenvalue weighted by Gasteiger charge is 2.47. The number of rotatable bonds is 8. The van der Waals surface area contributed by atoms with Gasteiger partial charge < -0.3 is 4.90 Å². The monoisotopic (exact) mass is 869 g/mol. The molecule has 1 heterocycles. The minimum absolute atomic E-state index is 0.548. The van der Waals surface area contributed by atoms with Crippen molar-refractivity contribution in [3.05, 3.63) is 283 Å². The first-order chi connectivity index (χ1) is 33.3. The molecule has 2 heteroatoms. The molecule has 0 spiro atoms. The van der Waals surface area contributed by atoms with Gasteiger partial charge in [-0.05, 0) is 103 Å². The van der Waals surface area contributed by atoms with Crippen LogP contribution in [0.4, 0.5) is 17.1 Å². The van der Waals surface area contributed by atoms with Crippen molar-refractivity contribution in [1.29, 1.82) is 0 Å². The van der Waals surface area contributed by atoms with Gasteiger partial charge in [-0.1, -0.05) is 224 Å². The lowest BCUT2D eigenvalue weighted by Gasteiger charge is -2.34. The Kier molecular flexibility index (Phi) is 9.33. The molecule has 1 aliphatic carbocycles. The van der Waals surface area contributed by atoms with Crippen LogP contribution in [0.25, 0.3) is 75.5 Å². The fraction of sp³-hybridized carbons (Fsp3) is 0.0154. The Morgan fingerprint density at radius 1 is 0.328 bits per heavy atom. The van der Waals surface area contributed by atoms with Gasteiger partial charge in [0.2, 0.25) is 0 Å². The van der Waals surface area contributed by atoms with E-state index in [0.717, 1.165) is 22.6 Å². The van der Waals surface area contributed by atoms with E-state index in [1.807, 2.05) is 11.3 Å². The Morgan fingerprint density at radius 2 is 0.851 bits per heavy atom. The Hall–Kier alpha value is -8.30. The van der Waals surface area contributed by atoms with Crippen molar-refractivity contribution >= 4 is 59.3 Å². The van der Waals surface area contributed by atoms with Crippen LogP contribution in [0.2, 0.25) is 0 Å². The van der Waals surface area contributed by atoms with Gasteiger partial charge in [-0.2, -0.15) is 0 Å². The van der Waals surface area contributed by atoms with Crippen molar-refractivity contribution in [2.24, 2.45) is 0 Å². The molecule has 0 N–H and O–H groups in total. The zero-order chi connectivity index (χ0) is 44.3. The topological polar surface area (TPSA) is 3.24 Å². The summed E-state index contributed by atoms with van der Waals surface area (Å²) in [7, 11) is 0. The summed E-state index contributed by atoms with van der Waals surface area (Å²) < 4.78 is 2.60. The maximum atomic E-state index is 2.55. The second-order valence-corrected chi connectivity index (χ2v) is 18.6. The summed E-state index contributed by atoms with van der Waals surface area (Å²) in [6, 6.07) is 96.5. The molecular formula is C65H43NS. The third kappa shape index (κ3) is 6.14. The highest BCUT2D eigenvalue weighted by Crippen LogP contribution is 2.60. The van der Waals surface area contributed by atoms with Crippen molar-refractivity contribution in [3.8, 4) is 44.5 Å². The fourth-order valence-corrected chi connectivity index (χ4v) is 12.3. The molecule has 11 aromatic carbocycles. The lowest BCUT2D eigenvalue weighted by molar-refractivity contribution is 0.768. The van der Waals surface area contributed by atoms with Crippen molar-refractivity contribution < 1.29 is 0 Å². The zero-order valence-corrected chi connectivity index (χ0v) is 37.5. The molecule has 0 unspecified atom stereocenters. The van der Waals surface area contributed by atoms with Crippen LogP contribution < -0.4 is 4.90 Å². The van der Waals surface area contributed by atoms with Gasteiger partial charge in [0.1, 0.15) is 0 Å². The molecule has 0 radical (unpaired) electrons. The highest BCUT2D eigenvalue weighted by molar-refractivity contribution is 7.25. The minimum Gasteiger partial charge on any atom is -0.309 e. The molecule has 0 saturated heterocycles. The molecule has 0 aliphatic heterocycles. The van der Waals surface area contributed by atoms with Crippen LogP contribution in [0, 0.1) is 0 Å². The van der Waals surface area contributed by atoms with E-state index in [-0.39, 0.29) is 0 Å². The van der Waals surface area contributed by atoms with Gasteiger partial charge in [0, 0.05) is 37.0 Å². The highest BCUT2D eigenvalue weighted by atomic mass is 32.1. The summed E-state index contributed by atoms with van der Waals surface area (Å²) in [5.41, 5.74) is 17.5. The molecule has 0 saturated carbocycles. The summed E-state index contributed by atoms with van der Waals surface area (Å²) in [5.74, 6) is 0. The van der Waals surface area contributed by atoms with Crippen LogP contribution in [-0.2, 0) is 5.41 Å². The van der Waals surface area contributed by atoms with Gasteiger partial charge in [0.15, 0.2) is 0 Å². The SMILES string of the molecule is c1ccc(-c2cccc3cccc(-c4ccccc4N(c4cccc(-c5cccc6sc7ccccc7c56)c4)c4cccc5c4-c4ccccc4C5(c4ccccc4)c4ccccc4)c23)cc1. The van der Waals surface area contributed by atoms with Gasteiger partial charge >= 0.3 is 0 Å². The third-order valence-electron chi connectivity index (χ3n) is 13.9. The Balaban J connectivity index is 1.12. The quantitative estimate of drug-likeness (QED) is 0.147. The molecular weight excluding hydrogens is 827 g/mol. The van der Waals surface area contributed by atoms with Gasteiger partial charge in [0.05, 0.1) is 16.8 Å². The van der Waals surface area contributed by atoms with Gasteiger partial charge in [-0.3, -0.25) is 0 Å². The summed E-state index contributed by atoms with van der Waals surface area (Å²) in [6.07, 6.45) is 0. The molecule has 0 atom stereocenters. The molecule has 13 rings (SSSR count). The average molecular weight is 870 g/mol. The number of thiophene rings is 1. The van der Waals surface area contributed by atoms with E-state index in [0.29, 0.717) is 0 Å². The largest absolute Gasteiger partial charge is 0.309 e. The van der Waals surface area contributed by atoms with Crippen LogP contribution in [0.1, 0.15) is 22.3 Å². The third-order valence-corrected chi connectivity index (χ3v) is 15.1. The lowest BCUT2D eigenvalue weighted by Crippen LogP contribution is -2.28. The number of para-hydroxylation sites is 1. The van der Waals surface area contributed by atoms with E-state index in [9.17, 15) is 0 Å². The molecule has 1 aliphatic rings. The van der Waals surface area contributed by atoms with Crippen LogP contribution in [0.5, 0.6) is 0 Å². The van der Waals surface area contributed by atoms with Crippen LogP contribution in [-0.4, -0.2) is 0 Å². The standard InChI is InChI=1S/C65H43NS/c1-4-21-44(22-5-1)50-34-17-23-45-24-18-36-53(62(45)50)52-31-11-14-39-58(52)66(49-30-16-25-46(43-49)51-35-19-42-61-63(51)55-33-12-15-41-60(55)67-61)59-40-20-38-57-64(59)54-32-10-13-37-56(54)65(57,47-26-6-2-7-27-47)48-28-8-3-9-29-48/h1-43H. The first kappa shape index (κ1) is 39.1. The molecule has 0 amide bonds. The van der Waals surface area contributed by atoms with E-state index in [1.165, 1.54) is 92.1 Å². The molecule has 314 valence electrons. The number of nitrogens with zero attached hydrogens (tertiary/aromatic N) is 1. The Labute approximate surface area is 395 Å². The van der Waals surface area contributed by atoms with Gasteiger partial charge in [-0.25, -0.2) is 0 Å². The fourth-order valence-electron chi connectivity index (χ4n) is 11.2. The van der Waals surface area contributed by atoms with E-state index in [1.54, 1.807) is 0 Å². The van der Waals surface area contributed by atoms with E-state index >= 15 is 0 Å². The van der Waals surface area contributed by atoms with E-state index in [4.69, 9.17) is 0 Å². The van der Waals surface area contributed by atoms with Crippen LogP contribution in [0.15, 0.2) is 261 Å². The molecule has 1 nitrogen and oxygen atoms in total. The van der Waals surface area contributed by atoms with Gasteiger partial charge in [0.25, 0.3) is 0 Å². The lowest BCUT2D eigenvalue weighted by atomic mass is 9.68. The van der Waals surface area contributed by atoms with Crippen molar-refractivity contribution in [2.75, 3.05) is 4.90 Å². The number of hydrogen-bond donors (Lipinski definition) is 0. The van der Waals surface area contributed by atoms with Gasteiger partial charge in [-0.15, -0.1) is 11.3 Å². The Morgan fingerprint density at radius 3 is 1.63 bits per heavy atom. The first-order valence-electron chi connectivity index (χ1n) is 23.1. The predicted molar refractivity (Wildman–Crippen MR) is 285 cm³/mol. The maximum absolute atomic E-state index is 2.55. The molecule has 0 bridgehead atoms. The van der Waals surface area contributed by atoms with Crippen molar-refractivity contribution in [2.45, 2.75) is 5.41 Å². The number of hydrogen-bond acceptors (Lipinski definition) is 2. The number of benzene rings is 11. The maximum Gasteiger partial charge on any atom is 0.0714 e. The second-order valence-electron chi connectivity index (χ2n) is 17.5. The normalized spacial score (nSPS) is 12.6. The summed E-state index contributed by atoms with van der Waals surface area (Å²) in [4.78, 5) is 2.55. The van der Waals surface area contributed by atoms with E-state index in [2.05, 4.69) is 266 Å². The summed E-state index contributed by atoms with van der Waals surface area (Å²) in [6.45, 7) is 0. The smallest absolute Gasteiger partial charge is 0.0714 e. The summed E-state index contributed by atoms with van der Waals surface area (Å²) >= 11 is 1.87. The minimum atomic E-state index is -0.548. The number of fused-ring (bicyclic) bond motifs is 7. The van der Waals surface area contributed by atoms with Crippen LogP contribution in [0.3, 0.4) is 0 Å². The second kappa shape index (κ2) is 16.0. The molecule has 67 heavy (non-hydrogen) atoms. The average Bonchev–Trinajstić information content (AvgIpc) is 3.94. The molecule has 0 fully saturated rings. The van der Waals surface area contributed by atoms with Crippen LogP contribution >= 0.6 is 11.3 Å².